The molecule has 3 aromatic heterocycles. The monoisotopic (exact) mass is 436 g/mol. The molecule has 0 radical (unpaired) electrons. The molecule has 0 aliphatic carbocycles. The van der Waals surface area contributed by atoms with Crippen molar-refractivity contribution in [1.29, 1.82) is 0 Å². The van der Waals surface area contributed by atoms with Crippen LogP contribution in [0.2, 0.25) is 0 Å². The predicted octanol–water partition coefficient (Wildman–Crippen LogP) is 4.68. The molecule has 1 aromatic carbocycles. The zero-order chi connectivity index (χ0) is 22.8. The van der Waals surface area contributed by atoms with Crippen molar-refractivity contribution >= 4 is 11.5 Å². The lowest BCUT2D eigenvalue weighted by molar-refractivity contribution is 0.352. The first-order valence-corrected chi connectivity index (χ1v) is 10.6. The molecule has 1 N–H and O–H groups in total. The van der Waals surface area contributed by atoms with Crippen molar-refractivity contribution in [1.82, 2.24) is 24.7 Å². The molecule has 9 nitrogen and oxygen atoms in total. The Hall–Kier alpha value is -3.62. The molecule has 3 heterocycles. The smallest absolute Gasteiger partial charge is 0.249 e. The minimum absolute atomic E-state index is 0.130. The summed E-state index contributed by atoms with van der Waals surface area (Å²) in [5, 5.41) is 12.3. The number of ether oxygens (including phenoxy) is 2. The molecule has 0 aliphatic heterocycles. The molecule has 0 saturated heterocycles. The van der Waals surface area contributed by atoms with E-state index in [0.717, 1.165) is 52.6 Å². The molecular formula is C23H28N6O3. The van der Waals surface area contributed by atoms with Crippen LogP contribution in [-0.2, 0) is 0 Å². The van der Waals surface area contributed by atoms with Gasteiger partial charge in [-0.25, -0.2) is 4.98 Å². The molecule has 1 unspecified atom stereocenters. The number of rotatable bonds is 8. The molecule has 9 heteroatoms. The molecule has 168 valence electrons. The number of benzene rings is 1. The number of hydrogen-bond acceptors (Lipinski definition) is 8. The standard InChI is InChI=1S/C23H28N6O3/c1-7-8-18(23-25-15(4)28-32-23)26-20-11-13(2)24-22-21(14(3)27-29(20)22)17-10-9-16(30-5)12-19(17)31-6/h9-12,18,26H,7-8H2,1-6H3. The Balaban J connectivity index is 1.84. The fourth-order valence-electron chi connectivity index (χ4n) is 3.85. The molecule has 1 atom stereocenters. The first-order valence-electron chi connectivity index (χ1n) is 10.6. The van der Waals surface area contributed by atoms with Gasteiger partial charge >= 0.3 is 0 Å². The SMILES string of the molecule is CCCC(Nc1cc(C)nc2c(-c3ccc(OC)cc3OC)c(C)nn12)c1nc(C)no1. The van der Waals surface area contributed by atoms with E-state index in [4.69, 9.17) is 24.1 Å². The third-order valence-electron chi connectivity index (χ3n) is 5.31. The average Bonchev–Trinajstić information content (AvgIpc) is 3.35. The van der Waals surface area contributed by atoms with Crippen molar-refractivity contribution < 1.29 is 14.0 Å². The van der Waals surface area contributed by atoms with E-state index in [-0.39, 0.29) is 6.04 Å². The van der Waals surface area contributed by atoms with Gasteiger partial charge in [-0.3, -0.25) is 0 Å². The molecular weight excluding hydrogens is 408 g/mol. The number of anilines is 1. The summed E-state index contributed by atoms with van der Waals surface area (Å²) < 4.78 is 18.3. The molecule has 0 amide bonds. The van der Waals surface area contributed by atoms with Crippen molar-refractivity contribution in [2.24, 2.45) is 0 Å². The van der Waals surface area contributed by atoms with E-state index in [1.807, 2.05) is 49.6 Å². The second-order valence-corrected chi connectivity index (χ2v) is 7.71. The van der Waals surface area contributed by atoms with Crippen LogP contribution in [0.1, 0.15) is 48.9 Å². The summed E-state index contributed by atoms with van der Waals surface area (Å²) in [6, 6.07) is 7.59. The topological polar surface area (TPSA) is 99.6 Å². The molecule has 0 saturated carbocycles. The lowest BCUT2D eigenvalue weighted by Crippen LogP contribution is -2.14. The van der Waals surface area contributed by atoms with Crippen LogP contribution in [0.25, 0.3) is 16.8 Å². The first-order chi connectivity index (χ1) is 15.4. The predicted molar refractivity (Wildman–Crippen MR) is 121 cm³/mol. The molecule has 4 rings (SSSR count). The quantitative estimate of drug-likeness (QED) is 0.425. The fraction of sp³-hybridized carbons (Fsp3) is 0.391. The number of aromatic nitrogens is 5. The van der Waals surface area contributed by atoms with Gasteiger partial charge in [0, 0.05) is 23.4 Å². The number of nitrogens with zero attached hydrogens (tertiary/aromatic N) is 5. The molecule has 32 heavy (non-hydrogen) atoms. The fourth-order valence-corrected chi connectivity index (χ4v) is 3.85. The number of nitrogens with one attached hydrogen (secondary N) is 1. The van der Waals surface area contributed by atoms with Gasteiger partial charge in [-0.1, -0.05) is 18.5 Å². The average molecular weight is 437 g/mol. The van der Waals surface area contributed by atoms with E-state index in [0.29, 0.717) is 17.5 Å². The van der Waals surface area contributed by atoms with Crippen LogP contribution in [0, 0.1) is 20.8 Å². The summed E-state index contributed by atoms with van der Waals surface area (Å²) in [7, 11) is 3.28. The van der Waals surface area contributed by atoms with Crippen LogP contribution in [0.3, 0.4) is 0 Å². The van der Waals surface area contributed by atoms with Gasteiger partial charge in [-0.15, -0.1) is 0 Å². The number of hydrogen-bond donors (Lipinski definition) is 1. The Morgan fingerprint density at radius 2 is 1.91 bits per heavy atom. The van der Waals surface area contributed by atoms with Crippen molar-refractivity contribution in [2.75, 3.05) is 19.5 Å². The third kappa shape index (κ3) is 3.98. The van der Waals surface area contributed by atoms with Crippen LogP contribution in [0.15, 0.2) is 28.8 Å². The van der Waals surface area contributed by atoms with E-state index in [1.54, 1.807) is 14.2 Å². The van der Waals surface area contributed by atoms with Crippen LogP contribution in [-0.4, -0.2) is 39.0 Å². The van der Waals surface area contributed by atoms with Gasteiger partial charge in [0.1, 0.15) is 23.4 Å². The summed E-state index contributed by atoms with van der Waals surface area (Å²) in [6.07, 6.45) is 1.79. The first kappa shape index (κ1) is 21.6. The van der Waals surface area contributed by atoms with Gasteiger partial charge < -0.3 is 19.3 Å². The van der Waals surface area contributed by atoms with E-state index in [2.05, 4.69) is 22.4 Å². The van der Waals surface area contributed by atoms with E-state index in [9.17, 15) is 0 Å². The highest BCUT2D eigenvalue weighted by atomic mass is 16.5. The second kappa shape index (κ2) is 8.86. The Morgan fingerprint density at radius 1 is 1.09 bits per heavy atom. The molecule has 4 aromatic rings. The Morgan fingerprint density at radius 3 is 2.56 bits per heavy atom. The highest BCUT2D eigenvalue weighted by Gasteiger charge is 2.23. The van der Waals surface area contributed by atoms with Crippen LogP contribution in [0.5, 0.6) is 11.5 Å². The summed E-state index contributed by atoms with van der Waals surface area (Å²) in [5.74, 6) is 3.41. The zero-order valence-corrected chi connectivity index (χ0v) is 19.3. The van der Waals surface area contributed by atoms with Crippen molar-refractivity contribution in [2.45, 2.75) is 46.6 Å². The normalized spacial score (nSPS) is 12.2. The van der Waals surface area contributed by atoms with Gasteiger partial charge in [0.05, 0.1) is 25.5 Å². The third-order valence-corrected chi connectivity index (χ3v) is 5.31. The molecule has 0 bridgehead atoms. The van der Waals surface area contributed by atoms with Gasteiger partial charge in [0.2, 0.25) is 5.89 Å². The summed E-state index contributed by atoms with van der Waals surface area (Å²) in [5.41, 5.74) is 4.27. The maximum atomic E-state index is 5.64. The van der Waals surface area contributed by atoms with E-state index >= 15 is 0 Å². The highest BCUT2D eigenvalue weighted by molar-refractivity contribution is 5.85. The Kier molecular flexibility index (Phi) is 5.98. The number of fused-ring (bicyclic) bond motifs is 1. The highest BCUT2D eigenvalue weighted by Crippen LogP contribution is 2.38. The van der Waals surface area contributed by atoms with Crippen LogP contribution < -0.4 is 14.8 Å². The van der Waals surface area contributed by atoms with Gasteiger partial charge in [-0.05, 0) is 39.3 Å². The minimum atomic E-state index is -0.130. The maximum Gasteiger partial charge on any atom is 0.249 e. The largest absolute Gasteiger partial charge is 0.497 e. The lowest BCUT2D eigenvalue weighted by Gasteiger charge is -2.17. The maximum absolute atomic E-state index is 5.64. The van der Waals surface area contributed by atoms with Crippen LogP contribution >= 0.6 is 0 Å². The van der Waals surface area contributed by atoms with Gasteiger partial charge in [-0.2, -0.15) is 14.6 Å². The Bertz CT molecular complexity index is 1250. The number of aryl methyl sites for hydroxylation is 3. The van der Waals surface area contributed by atoms with Crippen molar-refractivity contribution in [3.63, 3.8) is 0 Å². The summed E-state index contributed by atoms with van der Waals surface area (Å²) >= 11 is 0. The van der Waals surface area contributed by atoms with Crippen molar-refractivity contribution in [3.8, 4) is 22.6 Å². The summed E-state index contributed by atoms with van der Waals surface area (Å²) in [6.45, 7) is 7.87. The molecule has 0 spiro atoms. The van der Waals surface area contributed by atoms with E-state index in [1.165, 1.54) is 0 Å². The lowest BCUT2D eigenvalue weighted by atomic mass is 10.0. The number of methoxy groups -OCH3 is 2. The minimum Gasteiger partial charge on any atom is -0.497 e. The van der Waals surface area contributed by atoms with Crippen molar-refractivity contribution in [3.05, 3.63) is 47.4 Å². The Labute approximate surface area is 186 Å². The second-order valence-electron chi connectivity index (χ2n) is 7.71. The van der Waals surface area contributed by atoms with Gasteiger partial charge in [0.25, 0.3) is 0 Å². The molecule has 0 fully saturated rings. The summed E-state index contributed by atoms with van der Waals surface area (Å²) in [4.78, 5) is 9.23. The zero-order valence-electron chi connectivity index (χ0n) is 19.3. The van der Waals surface area contributed by atoms with E-state index < -0.39 is 0 Å². The van der Waals surface area contributed by atoms with Crippen LogP contribution in [0.4, 0.5) is 5.82 Å². The van der Waals surface area contributed by atoms with Gasteiger partial charge in [0.15, 0.2) is 11.5 Å². The molecule has 0 aliphatic rings.